The molecule has 1 aromatic heterocycles. The molecule has 2 aromatic carbocycles. The van der Waals surface area contributed by atoms with Crippen molar-refractivity contribution in [2.24, 2.45) is 0 Å². The van der Waals surface area contributed by atoms with Gasteiger partial charge in [0.25, 0.3) is 10.0 Å². The van der Waals surface area contributed by atoms with E-state index in [9.17, 15) is 13.2 Å². The van der Waals surface area contributed by atoms with Gasteiger partial charge in [0.05, 0.1) is 21.7 Å². The predicted molar refractivity (Wildman–Crippen MR) is 91.7 cm³/mol. The number of carbonyl (C=O) groups excluding carboxylic acids is 1. The summed E-state index contributed by atoms with van der Waals surface area (Å²) in [7, 11) is -3.77. The SMILES string of the molecule is O=C(CSc1nc2ccccc2[nH]1)NNS(=O)(=O)c1ccccc1. The molecule has 3 aromatic rings. The summed E-state index contributed by atoms with van der Waals surface area (Å²) in [6, 6.07) is 15.3. The van der Waals surface area contributed by atoms with Gasteiger partial charge in [-0.2, -0.15) is 0 Å². The number of benzene rings is 2. The number of H-pyrrole nitrogens is 1. The Hall–Kier alpha value is -2.36. The number of carbonyl (C=O) groups is 1. The van der Waals surface area contributed by atoms with Crippen LogP contribution in [0.15, 0.2) is 64.6 Å². The molecular weight excluding hydrogens is 348 g/mol. The average Bonchev–Trinajstić information content (AvgIpc) is 3.02. The van der Waals surface area contributed by atoms with Gasteiger partial charge in [0.2, 0.25) is 5.91 Å². The minimum atomic E-state index is -3.77. The second-order valence-electron chi connectivity index (χ2n) is 4.81. The van der Waals surface area contributed by atoms with E-state index >= 15 is 0 Å². The molecule has 124 valence electrons. The lowest BCUT2D eigenvalue weighted by Crippen LogP contribution is -2.42. The minimum Gasteiger partial charge on any atom is -0.333 e. The molecule has 3 rings (SSSR count). The monoisotopic (exact) mass is 362 g/mol. The maximum absolute atomic E-state index is 12.0. The van der Waals surface area contributed by atoms with E-state index in [-0.39, 0.29) is 10.6 Å². The Morgan fingerprint density at radius 1 is 1.08 bits per heavy atom. The Kier molecular flexibility index (Phi) is 4.84. The van der Waals surface area contributed by atoms with E-state index in [4.69, 9.17) is 0 Å². The molecule has 1 amide bonds. The lowest BCUT2D eigenvalue weighted by atomic mass is 10.3. The van der Waals surface area contributed by atoms with Crippen molar-refractivity contribution in [1.82, 2.24) is 20.2 Å². The number of hydrogen-bond acceptors (Lipinski definition) is 5. The van der Waals surface area contributed by atoms with Crippen LogP contribution < -0.4 is 10.3 Å². The quantitative estimate of drug-likeness (QED) is 0.457. The molecule has 0 saturated heterocycles. The van der Waals surface area contributed by atoms with Gasteiger partial charge in [-0.15, -0.1) is 4.83 Å². The molecule has 0 aliphatic heterocycles. The molecular formula is C15H14N4O3S2. The predicted octanol–water partition coefficient (Wildman–Crippen LogP) is 1.66. The van der Waals surface area contributed by atoms with Crippen molar-refractivity contribution in [3.05, 3.63) is 54.6 Å². The van der Waals surface area contributed by atoms with Crippen LogP contribution in [0.2, 0.25) is 0 Å². The van der Waals surface area contributed by atoms with Crippen molar-refractivity contribution in [1.29, 1.82) is 0 Å². The first-order valence-corrected chi connectivity index (χ1v) is 9.45. The zero-order chi connectivity index (χ0) is 17.0. The highest BCUT2D eigenvalue weighted by Gasteiger charge is 2.14. The summed E-state index contributed by atoms with van der Waals surface area (Å²) >= 11 is 1.19. The van der Waals surface area contributed by atoms with Gasteiger partial charge < -0.3 is 4.98 Å². The maximum atomic E-state index is 12.0. The molecule has 0 fully saturated rings. The first-order valence-electron chi connectivity index (χ1n) is 6.98. The van der Waals surface area contributed by atoms with E-state index in [1.54, 1.807) is 18.2 Å². The molecule has 24 heavy (non-hydrogen) atoms. The van der Waals surface area contributed by atoms with Crippen LogP contribution in [0.1, 0.15) is 0 Å². The molecule has 3 N–H and O–H groups in total. The van der Waals surface area contributed by atoms with Crippen molar-refractivity contribution >= 4 is 38.7 Å². The number of thioether (sulfide) groups is 1. The van der Waals surface area contributed by atoms with E-state index in [2.05, 4.69) is 20.2 Å². The summed E-state index contributed by atoms with van der Waals surface area (Å²) in [5.74, 6) is -0.447. The van der Waals surface area contributed by atoms with Gasteiger partial charge >= 0.3 is 0 Å². The van der Waals surface area contributed by atoms with Crippen molar-refractivity contribution in [2.45, 2.75) is 10.1 Å². The zero-order valence-electron chi connectivity index (χ0n) is 12.4. The summed E-state index contributed by atoms with van der Waals surface area (Å²) in [4.78, 5) is 21.4. The summed E-state index contributed by atoms with van der Waals surface area (Å²) in [5, 5.41) is 0.595. The van der Waals surface area contributed by atoms with E-state index in [1.165, 1.54) is 23.9 Å². The van der Waals surface area contributed by atoms with Gasteiger partial charge in [-0.1, -0.05) is 42.1 Å². The van der Waals surface area contributed by atoms with Gasteiger partial charge in [0, 0.05) is 0 Å². The van der Waals surface area contributed by atoms with Gasteiger partial charge in [-0.25, -0.2) is 13.4 Å². The van der Waals surface area contributed by atoms with Gasteiger partial charge in [-0.05, 0) is 24.3 Å². The van der Waals surface area contributed by atoms with Crippen LogP contribution >= 0.6 is 11.8 Å². The molecule has 0 aliphatic rings. The number of para-hydroxylation sites is 2. The Morgan fingerprint density at radius 3 is 2.54 bits per heavy atom. The van der Waals surface area contributed by atoms with Crippen LogP contribution in [-0.2, 0) is 14.8 Å². The fourth-order valence-electron chi connectivity index (χ4n) is 1.95. The third-order valence-corrected chi connectivity index (χ3v) is 5.22. The highest BCUT2D eigenvalue weighted by molar-refractivity contribution is 7.99. The van der Waals surface area contributed by atoms with Gasteiger partial charge in [0.15, 0.2) is 5.16 Å². The molecule has 0 radical (unpaired) electrons. The molecule has 9 heteroatoms. The van der Waals surface area contributed by atoms with Crippen molar-refractivity contribution in [3.63, 3.8) is 0 Å². The Bertz CT molecular complexity index is 922. The number of fused-ring (bicyclic) bond motifs is 1. The van der Waals surface area contributed by atoms with E-state index in [0.717, 1.165) is 11.0 Å². The zero-order valence-corrected chi connectivity index (χ0v) is 14.0. The van der Waals surface area contributed by atoms with Crippen LogP contribution in [0.5, 0.6) is 0 Å². The first-order chi connectivity index (χ1) is 11.5. The number of hydrazine groups is 1. The second-order valence-corrected chi connectivity index (χ2v) is 7.46. The van der Waals surface area contributed by atoms with Crippen LogP contribution in [0.3, 0.4) is 0 Å². The number of amides is 1. The van der Waals surface area contributed by atoms with Gasteiger partial charge in [-0.3, -0.25) is 10.2 Å². The highest BCUT2D eigenvalue weighted by Crippen LogP contribution is 2.18. The lowest BCUT2D eigenvalue weighted by Gasteiger charge is -2.07. The number of sulfonamides is 1. The fraction of sp³-hybridized carbons (Fsp3) is 0.0667. The molecule has 0 spiro atoms. The Morgan fingerprint density at radius 2 is 1.79 bits per heavy atom. The molecule has 0 unspecified atom stereocenters. The summed E-state index contributed by atoms with van der Waals surface area (Å²) in [6.45, 7) is 0. The number of imidazole rings is 1. The highest BCUT2D eigenvalue weighted by atomic mass is 32.2. The number of rotatable bonds is 6. The first kappa shape index (κ1) is 16.5. The van der Waals surface area contributed by atoms with Crippen molar-refractivity contribution in [3.8, 4) is 0 Å². The maximum Gasteiger partial charge on any atom is 0.257 e. The number of hydrogen-bond donors (Lipinski definition) is 3. The molecule has 1 heterocycles. The second kappa shape index (κ2) is 7.04. The van der Waals surface area contributed by atoms with E-state index in [0.29, 0.717) is 5.16 Å². The summed E-state index contributed by atoms with van der Waals surface area (Å²) < 4.78 is 24.0. The average molecular weight is 362 g/mol. The molecule has 0 aliphatic carbocycles. The summed E-state index contributed by atoms with van der Waals surface area (Å²) in [5.41, 5.74) is 3.88. The van der Waals surface area contributed by atoms with Crippen molar-refractivity contribution in [2.75, 3.05) is 5.75 Å². The summed E-state index contributed by atoms with van der Waals surface area (Å²) in [6.07, 6.45) is 0. The fourth-order valence-corrected chi connectivity index (χ4v) is 3.52. The Balaban J connectivity index is 1.54. The lowest BCUT2D eigenvalue weighted by molar-refractivity contribution is -0.119. The largest absolute Gasteiger partial charge is 0.333 e. The topological polar surface area (TPSA) is 104 Å². The minimum absolute atomic E-state index is 0.0249. The third kappa shape index (κ3) is 3.94. The number of aromatic amines is 1. The van der Waals surface area contributed by atoms with Crippen LogP contribution in [-0.4, -0.2) is 30.0 Å². The number of nitrogens with one attached hydrogen (secondary N) is 3. The molecule has 0 saturated carbocycles. The van der Waals surface area contributed by atoms with Crippen molar-refractivity contribution < 1.29 is 13.2 Å². The molecule has 7 nitrogen and oxygen atoms in total. The van der Waals surface area contributed by atoms with Crippen LogP contribution in [0.25, 0.3) is 11.0 Å². The molecule has 0 atom stereocenters. The molecule has 0 bridgehead atoms. The Labute approximate surface area is 142 Å². The number of aromatic nitrogens is 2. The van der Waals surface area contributed by atoms with Gasteiger partial charge in [0.1, 0.15) is 0 Å². The van der Waals surface area contributed by atoms with Crippen LogP contribution in [0.4, 0.5) is 0 Å². The van der Waals surface area contributed by atoms with E-state index in [1.807, 2.05) is 24.3 Å². The van der Waals surface area contributed by atoms with Crippen LogP contribution in [0, 0.1) is 0 Å². The standard InChI is InChI=1S/C15H14N4O3S2/c20-14(18-19-24(21,22)11-6-2-1-3-7-11)10-23-15-16-12-8-4-5-9-13(12)17-15/h1-9,19H,10H2,(H,16,17)(H,18,20). The number of nitrogens with zero attached hydrogens (tertiary/aromatic N) is 1. The normalized spacial score (nSPS) is 11.5. The smallest absolute Gasteiger partial charge is 0.257 e. The third-order valence-electron chi connectivity index (χ3n) is 3.09. The van der Waals surface area contributed by atoms with E-state index < -0.39 is 15.9 Å².